The minimum atomic E-state index is 0.320. The third-order valence-corrected chi connectivity index (χ3v) is 3.07. The lowest BCUT2D eigenvalue weighted by molar-refractivity contribution is 0.0899. The van der Waals surface area contributed by atoms with Gasteiger partial charge in [-0.3, -0.25) is 4.90 Å². The highest BCUT2D eigenvalue weighted by Crippen LogP contribution is 2.08. The van der Waals surface area contributed by atoms with Crippen LogP contribution in [0.1, 0.15) is 20.3 Å². The number of oxime groups is 1. The van der Waals surface area contributed by atoms with Crippen LogP contribution in [-0.4, -0.2) is 59.6 Å². The summed E-state index contributed by atoms with van der Waals surface area (Å²) in [7, 11) is 0. The molecule has 1 fully saturated rings. The van der Waals surface area contributed by atoms with Gasteiger partial charge in [-0.05, 0) is 13.5 Å². The van der Waals surface area contributed by atoms with Crippen LogP contribution in [0, 0.1) is 0 Å². The predicted octanol–water partition coefficient (Wildman–Crippen LogP) is 0.149. The van der Waals surface area contributed by atoms with Crippen molar-refractivity contribution >= 4 is 5.84 Å². The molecule has 1 heterocycles. The number of nitrogens with zero attached hydrogens (tertiary/aromatic N) is 3. The van der Waals surface area contributed by atoms with E-state index in [-0.39, 0.29) is 0 Å². The summed E-state index contributed by atoms with van der Waals surface area (Å²) in [4.78, 5) is 4.84. The van der Waals surface area contributed by atoms with E-state index in [2.05, 4.69) is 28.8 Å². The molecule has 0 saturated carbocycles. The van der Waals surface area contributed by atoms with Gasteiger partial charge in [-0.2, -0.15) is 0 Å². The summed E-state index contributed by atoms with van der Waals surface area (Å²) in [6, 6.07) is 0.607. The Labute approximate surface area is 91.5 Å². The standard InChI is InChI=1S/C10H22N4O/c1-3-14-7-6-13(8-9(14)2)5-4-10(11)12-15/h9,15H,3-8H2,1-2H3,(H2,11,12). The fourth-order valence-electron chi connectivity index (χ4n) is 2.07. The van der Waals surface area contributed by atoms with Crippen molar-refractivity contribution in [2.45, 2.75) is 26.3 Å². The Morgan fingerprint density at radius 2 is 2.27 bits per heavy atom. The molecule has 0 radical (unpaired) electrons. The van der Waals surface area contributed by atoms with E-state index in [1.165, 1.54) is 0 Å². The number of hydrogen-bond acceptors (Lipinski definition) is 4. The Kier molecular flexibility index (Phi) is 4.84. The molecule has 1 rings (SSSR count). The predicted molar refractivity (Wildman–Crippen MR) is 61.2 cm³/mol. The van der Waals surface area contributed by atoms with Crippen LogP contribution < -0.4 is 5.73 Å². The molecule has 3 N–H and O–H groups in total. The molecule has 1 unspecified atom stereocenters. The highest BCUT2D eigenvalue weighted by atomic mass is 16.4. The van der Waals surface area contributed by atoms with Gasteiger partial charge >= 0.3 is 0 Å². The molecule has 0 spiro atoms. The number of hydrogen-bond donors (Lipinski definition) is 2. The lowest BCUT2D eigenvalue weighted by Crippen LogP contribution is -2.52. The fraction of sp³-hybridized carbons (Fsp3) is 0.900. The summed E-state index contributed by atoms with van der Waals surface area (Å²) < 4.78 is 0. The summed E-state index contributed by atoms with van der Waals surface area (Å²) in [5.41, 5.74) is 5.44. The summed E-state index contributed by atoms with van der Waals surface area (Å²) in [6.45, 7) is 9.73. The van der Waals surface area contributed by atoms with Gasteiger partial charge < -0.3 is 15.8 Å². The Bertz CT molecular complexity index is 219. The number of rotatable bonds is 4. The molecule has 5 nitrogen and oxygen atoms in total. The maximum Gasteiger partial charge on any atom is 0.140 e. The zero-order chi connectivity index (χ0) is 11.3. The number of amidine groups is 1. The van der Waals surface area contributed by atoms with Crippen LogP contribution in [0.5, 0.6) is 0 Å². The van der Waals surface area contributed by atoms with Crippen molar-refractivity contribution in [3.8, 4) is 0 Å². The largest absolute Gasteiger partial charge is 0.409 e. The zero-order valence-electron chi connectivity index (χ0n) is 9.69. The Morgan fingerprint density at radius 3 is 2.80 bits per heavy atom. The molecule has 15 heavy (non-hydrogen) atoms. The summed E-state index contributed by atoms with van der Waals surface area (Å²) in [5, 5.41) is 11.4. The molecule has 88 valence electrons. The molecule has 5 heteroatoms. The summed E-state index contributed by atoms with van der Waals surface area (Å²) in [6.07, 6.45) is 0.648. The molecule has 0 aromatic heterocycles. The molecule has 1 aliphatic heterocycles. The van der Waals surface area contributed by atoms with Crippen molar-refractivity contribution < 1.29 is 5.21 Å². The second-order valence-electron chi connectivity index (χ2n) is 4.12. The van der Waals surface area contributed by atoms with Crippen LogP contribution in [-0.2, 0) is 0 Å². The molecular formula is C10H22N4O. The van der Waals surface area contributed by atoms with Gasteiger partial charge in [-0.1, -0.05) is 12.1 Å². The first-order valence-electron chi connectivity index (χ1n) is 5.60. The number of piperazine rings is 1. The van der Waals surface area contributed by atoms with E-state index in [0.717, 1.165) is 32.7 Å². The molecule has 0 aromatic carbocycles. The first-order chi connectivity index (χ1) is 7.17. The van der Waals surface area contributed by atoms with Crippen LogP contribution >= 0.6 is 0 Å². The van der Waals surface area contributed by atoms with E-state index in [0.29, 0.717) is 18.3 Å². The Hall–Kier alpha value is -0.810. The van der Waals surface area contributed by atoms with Gasteiger partial charge in [0.2, 0.25) is 0 Å². The van der Waals surface area contributed by atoms with Gasteiger partial charge in [0.25, 0.3) is 0 Å². The van der Waals surface area contributed by atoms with Crippen molar-refractivity contribution in [2.24, 2.45) is 10.9 Å². The maximum absolute atomic E-state index is 8.43. The summed E-state index contributed by atoms with van der Waals surface area (Å²) in [5.74, 6) is 0.320. The molecule has 0 amide bonds. The molecule has 0 aromatic rings. The molecule has 0 bridgehead atoms. The quantitative estimate of drug-likeness (QED) is 0.302. The van der Waals surface area contributed by atoms with Gasteiger partial charge in [0, 0.05) is 38.6 Å². The van der Waals surface area contributed by atoms with Crippen LogP contribution in [0.3, 0.4) is 0 Å². The average molecular weight is 214 g/mol. The SMILES string of the molecule is CCN1CCN(CCC(N)=NO)CC1C. The molecule has 0 aliphatic carbocycles. The minimum Gasteiger partial charge on any atom is -0.409 e. The van der Waals surface area contributed by atoms with Gasteiger partial charge in [0.15, 0.2) is 0 Å². The molecule has 1 atom stereocenters. The van der Waals surface area contributed by atoms with Crippen molar-refractivity contribution in [1.29, 1.82) is 0 Å². The van der Waals surface area contributed by atoms with E-state index >= 15 is 0 Å². The highest BCUT2D eigenvalue weighted by molar-refractivity contribution is 5.79. The second kappa shape index (κ2) is 5.92. The van der Waals surface area contributed by atoms with Gasteiger partial charge in [-0.15, -0.1) is 0 Å². The third kappa shape index (κ3) is 3.68. The topological polar surface area (TPSA) is 65.1 Å². The second-order valence-corrected chi connectivity index (χ2v) is 4.12. The van der Waals surface area contributed by atoms with Crippen molar-refractivity contribution in [3.63, 3.8) is 0 Å². The molecule has 1 saturated heterocycles. The smallest absolute Gasteiger partial charge is 0.140 e. The zero-order valence-corrected chi connectivity index (χ0v) is 9.69. The number of likely N-dealkylation sites (N-methyl/N-ethyl adjacent to an activating group) is 1. The Balaban J connectivity index is 2.29. The van der Waals surface area contributed by atoms with Gasteiger partial charge in [0.05, 0.1) is 0 Å². The molecule has 1 aliphatic rings. The van der Waals surface area contributed by atoms with Crippen LogP contribution in [0.15, 0.2) is 5.16 Å². The van der Waals surface area contributed by atoms with Crippen LogP contribution in [0.4, 0.5) is 0 Å². The van der Waals surface area contributed by atoms with E-state index in [1.54, 1.807) is 0 Å². The van der Waals surface area contributed by atoms with Gasteiger partial charge in [0.1, 0.15) is 5.84 Å². The van der Waals surface area contributed by atoms with E-state index in [9.17, 15) is 0 Å². The normalized spacial score (nSPS) is 25.7. The first kappa shape index (κ1) is 12.3. The highest BCUT2D eigenvalue weighted by Gasteiger charge is 2.21. The van der Waals surface area contributed by atoms with Crippen molar-refractivity contribution in [2.75, 3.05) is 32.7 Å². The lowest BCUT2D eigenvalue weighted by Gasteiger charge is -2.39. The monoisotopic (exact) mass is 214 g/mol. The van der Waals surface area contributed by atoms with Crippen molar-refractivity contribution in [1.82, 2.24) is 9.80 Å². The lowest BCUT2D eigenvalue weighted by atomic mass is 10.2. The van der Waals surface area contributed by atoms with E-state index in [4.69, 9.17) is 10.9 Å². The van der Waals surface area contributed by atoms with Crippen LogP contribution in [0.2, 0.25) is 0 Å². The van der Waals surface area contributed by atoms with Crippen molar-refractivity contribution in [3.05, 3.63) is 0 Å². The van der Waals surface area contributed by atoms with Crippen LogP contribution in [0.25, 0.3) is 0 Å². The average Bonchev–Trinajstić information content (AvgIpc) is 2.26. The molecular weight excluding hydrogens is 192 g/mol. The Morgan fingerprint density at radius 1 is 1.53 bits per heavy atom. The summed E-state index contributed by atoms with van der Waals surface area (Å²) >= 11 is 0. The third-order valence-electron chi connectivity index (χ3n) is 3.07. The van der Waals surface area contributed by atoms with Gasteiger partial charge in [-0.25, -0.2) is 0 Å². The van der Waals surface area contributed by atoms with E-state index in [1.807, 2.05) is 0 Å². The fourth-order valence-corrected chi connectivity index (χ4v) is 2.07. The van der Waals surface area contributed by atoms with E-state index < -0.39 is 0 Å². The minimum absolute atomic E-state index is 0.320. The maximum atomic E-state index is 8.43. The number of nitrogens with two attached hydrogens (primary N) is 1. The first-order valence-corrected chi connectivity index (χ1v) is 5.60.